The van der Waals surface area contributed by atoms with Crippen molar-refractivity contribution in [2.45, 2.75) is 45.2 Å². The molecule has 9 heteroatoms. The van der Waals surface area contributed by atoms with E-state index in [0.29, 0.717) is 0 Å². The summed E-state index contributed by atoms with van der Waals surface area (Å²) in [5.41, 5.74) is 0. The van der Waals surface area contributed by atoms with Crippen molar-refractivity contribution in [2.75, 3.05) is 5.33 Å². The molecule has 0 spiro atoms. The summed E-state index contributed by atoms with van der Waals surface area (Å²) in [6.45, 7) is 3.51. The summed E-state index contributed by atoms with van der Waals surface area (Å²) < 4.78 is 20.4. The van der Waals surface area contributed by atoms with Crippen LogP contribution in [0.3, 0.4) is 0 Å². The number of hydrogen-bond acceptors (Lipinski definition) is 8. The average Bonchev–Trinajstić information content (AvgIpc) is 2.85. The highest BCUT2D eigenvalue weighted by atomic mass is 79.9. The van der Waals surface area contributed by atoms with Gasteiger partial charge in [0.15, 0.2) is 24.4 Å². The van der Waals surface area contributed by atoms with E-state index in [-0.39, 0.29) is 5.33 Å². The molecule has 4 atom stereocenters. The zero-order valence-corrected chi connectivity index (χ0v) is 14.4. The number of carbonyl (C=O) groups is 4. The van der Waals surface area contributed by atoms with Crippen molar-refractivity contribution < 1.29 is 38.1 Å². The maximum Gasteiger partial charge on any atom is 0.331 e. The Kier molecular flexibility index (Phi) is 7.21. The molecule has 0 amide bonds. The first kappa shape index (κ1) is 19.1. The summed E-state index contributed by atoms with van der Waals surface area (Å²) in [4.78, 5) is 45.2. The van der Waals surface area contributed by atoms with Crippen LogP contribution in [0.4, 0.5) is 0 Å². The molecule has 0 bridgehead atoms. The van der Waals surface area contributed by atoms with Gasteiger partial charge in [-0.15, -0.1) is 0 Å². The first-order valence-electron chi connectivity index (χ1n) is 6.71. The van der Waals surface area contributed by atoms with Gasteiger partial charge >= 0.3 is 23.9 Å². The molecule has 8 nitrogen and oxygen atoms in total. The third-order valence-corrected chi connectivity index (χ3v) is 3.40. The maximum absolute atomic E-state index is 11.4. The molecule has 23 heavy (non-hydrogen) atoms. The van der Waals surface area contributed by atoms with Crippen LogP contribution in [0.15, 0.2) is 12.2 Å². The van der Waals surface area contributed by atoms with Crippen LogP contribution in [0.1, 0.15) is 20.8 Å². The molecule has 1 rings (SSSR count). The van der Waals surface area contributed by atoms with E-state index in [0.717, 1.165) is 13.8 Å². The van der Waals surface area contributed by atoms with Gasteiger partial charge in [-0.3, -0.25) is 14.4 Å². The summed E-state index contributed by atoms with van der Waals surface area (Å²) >= 11 is 3.16. The minimum absolute atomic E-state index is 0.118. The van der Waals surface area contributed by atoms with Gasteiger partial charge in [0, 0.05) is 32.2 Å². The molecule has 0 aliphatic carbocycles. The van der Waals surface area contributed by atoms with Crippen molar-refractivity contribution in [2.24, 2.45) is 0 Å². The van der Waals surface area contributed by atoms with Crippen molar-refractivity contribution in [1.29, 1.82) is 0 Å². The lowest BCUT2D eigenvalue weighted by Gasteiger charge is -2.33. The summed E-state index contributed by atoms with van der Waals surface area (Å²) in [7, 11) is 0. The number of rotatable bonds is 7. The van der Waals surface area contributed by atoms with Gasteiger partial charge in [-0.2, -0.15) is 0 Å². The zero-order valence-electron chi connectivity index (χ0n) is 12.8. The van der Waals surface area contributed by atoms with Gasteiger partial charge in [0.25, 0.3) is 0 Å². The number of carbonyl (C=O) groups excluding carboxylic acids is 4. The molecule has 0 aromatic heterocycles. The van der Waals surface area contributed by atoms with Gasteiger partial charge in [-0.25, -0.2) is 4.79 Å². The molecule has 1 aliphatic rings. The van der Waals surface area contributed by atoms with Crippen molar-refractivity contribution in [3.63, 3.8) is 0 Å². The molecule has 0 N–H and O–H groups in total. The lowest BCUT2D eigenvalue weighted by Crippen LogP contribution is -2.50. The summed E-state index contributed by atoms with van der Waals surface area (Å²) in [6.07, 6.45) is -1.64. The molecule has 0 saturated carbocycles. The van der Waals surface area contributed by atoms with Crippen LogP contribution < -0.4 is 0 Å². The molecule has 0 aromatic rings. The number of halogens is 1. The minimum Gasteiger partial charge on any atom is -0.458 e. The number of ether oxygens (including phenoxy) is 4. The predicted octanol–water partition coefficient (Wildman–Crippen LogP) is 0.658. The SMILES string of the molecule is CC(=O)OC(C1C=CC(=O)O1)[C@H](OC(C)=O)[C@H](CBr)OC(C)=O. The molecule has 0 saturated heterocycles. The number of esters is 4. The zero-order chi connectivity index (χ0) is 17.6. The van der Waals surface area contributed by atoms with Crippen molar-refractivity contribution in [1.82, 2.24) is 0 Å². The maximum atomic E-state index is 11.4. The second kappa shape index (κ2) is 8.66. The van der Waals surface area contributed by atoms with Crippen LogP contribution in [0.5, 0.6) is 0 Å². The monoisotopic (exact) mass is 392 g/mol. The third-order valence-electron chi connectivity index (χ3n) is 2.76. The Bertz CT molecular complexity index is 515. The van der Waals surface area contributed by atoms with Crippen molar-refractivity contribution >= 4 is 39.8 Å². The van der Waals surface area contributed by atoms with E-state index in [1.54, 1.807) is 0 Å². The number of alkyl halides is 1. The molecular formula is C14H17BrO8. The smallest absolute Gasteiger partial charge is 0.331 e. The standard InChI is InChI=1S/C14H17BrO8/c1-7(16)20-11(6-15)14(22-9(3)18)13(21-8(2)17)10-4-5-12(19)23-10/h4-5,10-11,13-14H,6H2,1-3H3/t10?,11-,13?,14+/m0/s1. The van der Waals surface area contributed by atoms with E-state index < -0.39 is 48.3 Å². The van der Waals surface area contributed by atoms with Crippen LogP contribution in [0.2, 0.25) is 0 Å². The Balaban J connectivity index is 3.11. The fraction of sp³-hybridized carbons (Fsp3) is 0.571. The van der Waals surface area contributed by atoms with E-state index >= 15 is 0 Å². The fourth-order valence-electron chi connectivity index (χ4n) is 2.02. The molecule has 1 aliphatic heterocycles. The molecule has 2 unspecified atom stereocenters. The van der Waals surface area contributed by atoms with Crippen molar-refractivity contribution in [3.8, 4) is 0 Å². The number of hydrogen-bond donors (Lipinski definition) is 0. The summed E-state index contributed by atoms with van der Waals surface area (Å²) in [6, 6.07) is 0. The van der Waals surface area contributed by atoms with E-state index in [4.69, 9.17) is 18.9 Å². The van der Waals surface area contributed by atoms with E-state index in [9.17, 15) is 19.2 Å². The average molecular weight is 393 g/mol. The van der Waals surface area contributed by atoms with Crippen LogP contribution in [0, 0.1) is 0 Å². The minimum atomic E-state index is -1.15. The topological polar surface area (TPSA) is 105 Å². The molecule has 0 fully saturated rings. The Hall–Kier alpha value is -1.90. The van der Waals surface area contributed by atoms with Gasteiger partial charge < -0.3 is 18.9 Å². The number of cyclic esters (lactones) is 1. The van der Waals surface area contributed by atoms with Crippen LogP contribution in [-0.2, 0) is 38.1 Å². The lowest BCUT2D eigenvalue weighted by molar-refractivity contribution is -0.190. The summed E-state index contributed by atoms with van der Waals surface area (Å²) in [5, 5.41) is 0.118. The van der Waals surface area contributed by atoms with Crippen molar-refractivity contribution in [3.05, 3.63) is 12.2 Å². The van der Waals surface area contributed by atoms with E-state index in [1.165, 1.54) is 19.1 Å². The van der Waals surface area contributed by atoms with Gasteiger partial charge in [0.2, 0.25) is 0 Å². The second-order valence-electron chi connectivity index (χ2n) is 4.71. The Morgan fingerprint density at radius 2 is 1.70 bits per heavy atom. The molecular weight excluding hydrogens is 376 g/mol. The predicted molar refractivity (Wildman–Crippen MR) is 79.5 cm³/mol. The lowest BCUT2D eigenvalue weighted by atomic mass is 10.0. The Morgan fingerprint density at radius 3 is 2.09 bits per heavy atom. The third kappa shape index (κ3) is 6.01. The first-order valence-corrected chi connectivity index (χ1v) is 7.83. The highest BCUT2D eigenvalue weighted by Gasteiger charge is 2.43. The first-order chi connectivity index (χ1) is 10.7. The highest BCUT2D eigenvalue weighted by Crippen LogP contribution is 2.23. The van der Waals surface area contributed by atoms with E-state index in [2.05, 4.69) is 15.9 Å². The largest absolute Gasteiger partial charge is 0.458 e. The van der Waals surface area contributed by atoms with Gasteiger partial charge in [0.05, 0.1) is 0 Å². The molecule has 0 radical (unpaired) electrons. The molecule has 128 valence electrons. The van der Waals surface area contributed by atoms with Crippen LogP contribution in [-0.4, -0.2) is 53.6 Å². The van der Waals surface area contributed by atoms with E-state index in [1.807, 2.05) is 0 Å². The van der Waals surface area contributed by atoms with Gasteiger partial charge in [-0.05, 0) is 6.08 Å². The second-order valence-corrected chi connectivity index (χ2v) is 5.36. The Morgan fingerprint density at radius 1 is 1.13 bits per heavy atom. The van der Waals surface area contributed by atoms with Crippen LogP contribution in [0.25, 0.3) is 0 Å². The fourth-order valence-corrected chi connectivity index (χ4v) is 2.52. The highest BCUT2D eigenvalue weighted by molar-refractivity contribution is 9.09. The van der Waals surface area contributed by atoms with Gasteiger partial charge in [-0.1, -0.05) is 15.9 Å². The molecule has 0 aromatic carbocycles. The van der Waals surface area contributed by atoms with Gasteiger partial charge in [0.1, 0.15) is 0 Å². The van der Waals surface area contributed by atoms with Crippen LogP contribution >= 0.6 is 15.9 Å². The normalized spacial score (nSPS) is 20.2. The molecule has 1 heterocycles. The summed E-state index contributed by atoms with van der Waals surface area (Å²) in [5.74, 6) is -2.55. The quantitative estimate of drug-likeness (QED) is 0.353. The Labute approximate surface area is 141 Å².